The molecule has 4 unspecified atom stereocenters. The lowest BCUT2D eigenvalue weighted by Crippen LogP contribution is -2.57. The number of allylic oxidation sites excluding steroid dienone is 4. The molecule has 4 fully saturated rings. The van der Waals surface area contributed by atoms with Crippen molar-refractivity contribution in [2.75, 3.05) is 33.2 Å². The van der Waals surface area contributed by atoms with Gasteiger partial charge in [0.2, 0.25) is 17.7 Å². The average Bonchev–Trinajstić information content (AvgIpc) is 3.57. The second-order valence-electron chi connectivity index (χ2n) is 21.9. The minimum Gasteiger partial charge on any atom is -0.480 e. The molecule has 9 atom stereocenters. The smallest absolute Gasteiger partial charge is 0.326 e. The lowest BCUT2D eigenvalue weighted by Gasteiger charge is -2.62. The van der Waals surface area contributed by atoms with Gasteiger partial charge in [-0.3, -0.25) is 24.0 Å². The highest BCUT2D eigenvalue weighted by Gasteiger charge is 2.61. The van der Waals surface area contributed by atoms with Crippen LogP contribution in [0.2, 0.25) is 0 Å². The molecule has 12 nitrogen and oxygen atoms in total. The number of ketones is 2. The summed E-state index contributed by atoms with van der Waals surface area (Å²) in [6.45, 7) is 16.1. The van der Waals surface area contributed by atoms with Crippen LogP contribution in [-0.4, -0.2) is 95.7 Å². The van der Waals surface area contributed by atoms with Crippen molar-refractivity contribution in [2.45, 2.75) is 189 Å². The van der Waals surface area contributed by atoms with Gasteiger partial charge in [0, 0.05) is 73.7 Å². The number of nitrogens with one attached hydrogen (secondary N) is 3. The van der Waals surface area contributed by atoms with Crippen LogP contribution in [0.3, 0.4) is 0 Å². The number of amides is 3. The molecule has 0 saturated heterocycles. The molecule has 0 bridgehead atoms. The molecule has 0 radical (unpaired) electrons. The summed E-state index contributed by atoms with van der Waals surface area (Å²) in [6, 6.07) is -0.939. The van der Waals surface area contributed by atoms with Gasteiger partial charge in [-0.2, -0.15) is 0 Å². The number of hydrogen-bond donors (Lipinski definition) is 5. The van der Waals surface area contributed by atoms with Crippen molar-refractivity contribution in [1.29, 1.82) is 0 Å². The normalized spacial score (nSPS) is 29.8. The Labute approximate surface area is 384 Å². The van der Waals surface area contributed by atoms with Gasteiger partial charge in [-0.1, -0.05) is 47.0 Å². The van der Waals surface area contributed by atoms with Crippen LogP contribution in [-0.2, 0) is 28.8 Å². The molecule has 0 heterocycles. The monoisotopic (exact) mass is 893 g/mol. The first-order valence-corrected chi connectivity index (χ1v) is 25.1. The number of hydrogen-bond acceptors (Lipinski definition) is 8. The van der Waals surface area contributed by atoms with Crippen LogP contribution in [0.1, 0.15) is 177 Å². The molecule has 5 rings (SSSR count). The zero-order valence-corrected chi connectivity index (χ0v) is 40.8. The number of carboxylic acids is 1. The van der Waals surface area contributed by atoms with Gasteiger partial charge in [0.15, 0.2) is 11.6 Å². The molecular weight excluding hydrogens is 809 g/mol. The first-order valence-electron chi connectivity index (χ1n) is 25.1. The summed E-state index contributed by atoms with van der Waals surface area (Å²) in [5.41, 5.74) is 1.58. The van der Waals surface area contributed by atoms with E-state index in [-0.39, 0.29) is 47.2 Å². The third-order valence-electron chi connectivity index (χ3n) is 17.4. The van der Waals surface area contributed by atoms with E-state index in [1.807, 2.05) is 13.8 Å². The number of rotatable bonds is 23. The highest BCUT2D eigenvalue weighted by Crippen LogP contribution is 2.68. The fourth-order valence-corrected chi connectivity index (χ4v) is 13.4. The van der Waals surface area contributed by atoms with E-state index < -0.39 is 17.4 Å². The maximum Gasteiger partial charge on any atom is 0.326 e. The highest BCUT2D eigenvalue weighted by atomic mass is 16.4. The predicted octanol–water partition coefficient (Wildman–Crippen LogP) is 7.86. The quantitative estimate of drug-likeness (QED) is 0.0504. The number of carboxylic acid groups (broad SMARTS) is 1. The highest BCUT2D eigenvalue weighted by molar-refractivity contribution is 6.25. The van der Waals surface area contributed by atoms with Gasteiger partial charge in [0.1, 0.15) is 6.04 Å². The second-order valence-corrected chi connectivity index (χ2v) is 21.9. The number of Topliss-reactive ketones (excluding diaryl/α,β-unsaturated/α-hetero) is 2. The number of carbonyl (C=O) groups excluding carboxylic acids is 5. The average molecular weight is 893 g/mol. The number of unbranched alkanes of at least 4 members (excludes halogenated alkanes) is 3. The van der Waals surface area contributed by atoms with E-state index in [1.165, 1.54) is 44.9 Å². The van der Waals surface area contributed by atoms with Gasteiger partial charge in [0.25, 0.3) is 0 Å². The van der Waals surface area contributed by atoms with E-state index in [2.05, 4.69) is 29.8 Å². The van der Waals surface area contributed by atoms with Crippen LogP contribution in [0.15, 0.2) is 22.3 Å². The van der Waals surface area contributed by atoms with Crippen molar-refractivity contribution < 1.29 is 39.0 Å². The molecule has 12 heteroatoms. The maximum atomic E-state index is 13.1. The third kappa shape index (κ3) is 11.9. The van der Waals surface area contributed by atoms with Crippen molar-refractivity contribution in [2.24, 2.45) is 45.8 Å². The molecule has 5 aliphatic rings. The van der Waals surface area contributed by atoms with E-state index in [0.29, 0.717) is 109 Å². The minimum atomic E-state index is -1.03. The molecule has 0 aromatic carbocycles. The Hall–Kier alpha value is -3.38. The molecule has 0 spiro atoms. The van der Waals surface area contributed by atoms with Crippen molar-refractivity contribution in [3.05, 3.63) is 22.3 Å². The van der Waals surface area contributed by atoms with Gasteiger partial charge in [-0.05, 0) is 158 Å². The Kier molecular flexibility index (Phi) is 18.1. The fourth-order valence-electron chi connectivity index (χ4n) is 13.4. The molecule has 360 valence electrons. The number of nitrogens with zero attached hydrogens (tertiary/aromatic N) is 1. The SMILES string of the molecule is CC1=C(C)C(=O)C(C(C)(C)CC(=O)N(C)CCNCCCCCC(=O)NCCCCC(NC(=O)CCCC2CCC3[C@H]4C(CC[C@]23C)[C@@]2(C)CCCC[C@H]2C[C@H]4O)C(=O)O)=C(C)C1=O. The molecule has 4 saturated carbocycles. The Morgan fingerprint density at radius 2 is 1.47 bits per heavy atom. The molecule has 5 aliphatic carbocycles. The van der Waals surface area contributed by atoms with Crippen LogP contribution in [0.25, 0.3) is 0 Å². The van der Waals surface area contributed by atoms with Crippen LogP contribution >= 0.6 is 0 Å². The van der Waals surface area contributed by atoms with Crippen molar-refractivity contribution in [3.63, 3.8) is 0 Å². The summed E-state index contributed by atoms with van der Waals surface area (Å²) >= 11 is 0. The molecule has 5 N–H and O–H groups in total. The third-order valence-corrected chi connectivity index (χ3v) is 17.4. The van der Waals surface area contributed by atoms with Crippen LogP contribution in [0, 0.1) is 45.8 Å². The first-order chi connectivity index (χ1) is 30.2. The summed E-state index contributed by atoms with van der Waals surface area (Å²) in [7, 11) is 1.75. The van der Waals surface area contributed by atoms with E-state index >= 15 is 0 Å². The number of aliphatic hydroxyl groups is 1. The Balaban J connectivity index is 0.884. The zero-order chi connectivity index (χ0) is 47.0. The van der Waals surface area contributed by atoms with Crippen LogP contribution < -0.4 is 16.0 Å². The molecular formula is C52H84N4O8. The van der Waals surface area contributed by atoms with Crippen molar-refractivity contribution >= 4 is 35.3 Å². The largest absolute Gasteiger partial charge is 0.480 e. The van der Waals surface area contributed by atoms with E-state index in [1.54, 1.807) is 32.7 Å². The zero-order valence-electron chi connectivity index (χ0n) is 40.8. The van der Waals surface area contributed by atoms with E-state index in [0.717, 1.165) is 51.5 Å². The van der Waals surface area contributed by atoms with Gasteiger partial charge in [0.05, 0.1) is 6.10 Å². The lowest BCUT2D eigenvalue weighted by atomic mass is 9.44. The molecule has 0 aliphatic heterocycles. The lowest BCUT2D eigenvalue weighted by molar-refractivity contribution is -0.162. The number of aliphatic carboxylic acids is 1. The number of likely N-dealkylation sites (N-methyl/N-ethyl adjacent to an activating group) is 1. The Morgan fingerprint density at radius 3 is 2.20 bits per heavy atom. The summed E-state index contributed by atoms with van der Waals surface area (Å²) < 4.78 is 0. The fraction of sp³-hybridized carbons (Fsp3) is 0.808. The van der Waals surface area contributed by atoms with E-state index in [4.69, 9.17) is 0 Å². The van der Waals surface area contributed by atoms with Crippen LogP contribution in [0.5, 0.6) is 0 Å². The number of aliphatic hydroxyl groups excluding tert-OH is 1. The van der Waals surface area contributed by atoms with Gasteiger partial charge in [-0.15, -0.1) is 0 Å². The molecule has 3 amide bonds. The molecule has 64 heavy (non-hydrogen) atoms. The van der Waals surface area contributed by atoms with Gasteiger partial charge < -0.3 is 31.1 Å². The molecule has 0 aromatic rings. The topological polar surface area (TPSA) is 182 Å². The predicted molar refractivity (Wildman–Crippen MR) is 250 cm³/mol. The van der Waals surface area contributed by atoms with Gasteiger partial charge >= 0.3 is 5.97 Å². The maximum absolute atomic E-state index is 13.1. The van der Waals surface area contributed by atoms with Crippen LogP contribution in [0.4, 0.5) is 0 Å². The number of carbonyl (C=O) groups is 6. The minimum absolute atomic E-state index is 0.0248. The summed E-state index contributed by atoms with van der Waals surface area (Å²) in [6.07, 6.45) is 17.4. The molecule has 0 aromatic heterocycles. The van der Waals surface area contributed by atoms with E-state index in [9.17, 15) is 39.0 Å². The first kappa shape index (κ1) is 51.6. The van der Waals surface area contributed by atoms with Gasteiger partial charge in [-0.25, -0.2) is 4.79 Å². The summed E-state index contributed by atoms with van der Waals surface area (Å²) in [4.78, 5) is 77.8. The Morgan fingerprint density at radius 1 is 0.781 bits per heavy atom. The standard InChI is InChI=1S/C52H84N4O8/c1-33-34(2)48(62)46(35(3)47(33)61)50(4,5)32-44(60)56(8)30-29-53-27-14-9-10-20-42(58)54-28-15-12-19-40(49(63)64)55-43(59)21-16-18-36-22-23-38-45-39(24-26-52(36,38)7)51(6)25-13-11-17-37(51)31-41(45)57/h36-41,45,53,57H,9-32H2,1-8H3,(H,54,58)(H,55,59)(H,63,64)/t36?,37-,38?,39?,40?,41+,45-,51-,52+/m0/s1. The second kappa shape index (κ2) is 22.4. The Bertz CT molecular complexity index is 1790. The summed E-state index contributed by atoms with van der Waals surface area (Å²) in [5, 5.41) is 30.4. The number of fused-ring (bicyclic) bond motifs is 5. The summed E-state index contributed by atoms with van der Waals surface area (Å²) in [5.74, 6) is 1.16. The van der Waals surface area contributed by atoms with Crippen molar-refractivity contribution in [1.82, 2.24) is 20.9 Å². The van der Waals surface area contributed by atoms with Crippen molar-refractivity contribution in [3.8, 4) is 0 Å².